The lowest BCUT2D eigenvalue weighted by Gasteiger charge is -2.04. The van der Waals surface area contributed by atoms with Crippen molar-refractivity contribution in [1.82, 2.24) is 0 Å². The van der Waals surface area contributed by atoms with E-state index in [1.165, 1.54) is 11.1 Å². The monoisotopic (exact) mass is 230 g/mol. The van der Waals surface area contributed by atoms with Gasteiger partial charge in [-0.3, -0.25) is 0 Å². The summed E-state index contributed by atoms with van der Waals surface area (Å²) in [6.07, 6.45) is 5.60. The summed E-state index contributed by atoms with van der Waals surface area (Å²) < 4.78 is 0. The van der Waals surface area contributed by atoms with Gasteiger partial charge in [-0.05, 0) is 23.6 Å². The summed E-state index contributed by atoms with van der Waals surface area (Å²) in [5.41, 5.74) is 3.60. The summed E-state index contributed by atoms with van der Waals surface area (Å²) in [5.74, 6) is 0. The first-order valence-corrected chi connectivity index (χ1v) is 6.30. The zero-order chi connectivity index (χ0) is 13.7. The molecule has 0 saturated heterocycles. The molecule has 0 aliphatic heterocycles. The molecule has 0 radical (unpaired) electrons. The van der Waals surface area contributed by atoms with E-state index in [4.69, 9.17) is 0 Å². The van der Waals surface area contributed by atoms with Crippen LogP contribution in [0.2, 0.25) is 0 Å². The number of hydrogen-bond acceptors (Lipinski definition) is 0. The van der Waals surface area contributed by atoms with Crippen molar-refractivity contribution in [1.29, 1.82) is 0 Å². The minimum atomic E-state index is 1.12. The molecule has 0 atom stereocenters. The maximum Gasteiger partial charge on any atom is -0.0155 e. The lowest BCUT2D eigenvalue weighted by molar-refractivity contribution is 1.43. The Labute approximate surface area is 107 Å². The number of benzene rings is 1. The van der Waals surface area contributed by atoms with Gasteiger partial charge < -0.3 is 0 Å². The Hall–Kier alpha value is -1.56. The average molecular weight is 230 g/mol. The SMILES string of the molecule is C=C/C=C(\C=C)c1ccccc1C.CC.CC. The maximum absolute atomic E-state index is 3.78. The number of rotatable bonds is 3. The maximum atomic E-state index is 3.78. The first-order chi connectivity index (χ1) is 8.29. The van der Waals surface area contributed by atoms with E-state index >= 15 is 0 Å². The standard InChI is InChI=1S/C13H14.2C2H6/c1-4-8-12(5-2)13-10-7-6-9-11(13)3;2*1-2/h4-10H,1-2H2,3H3;2*1-2H3/b12-8+;;. The predicted octanol–water partition coefficient (Wildman–Crippen LogP) is 5.80. The van der Waals surface area contributed by atoms with Crippen LogP contribution in [0.25, 0.3) is 5.57 Å². The Morgan fingerprint density at radius 2 is 1.53 bits per heavy atom. The second kappa shape index (κ2) is 12.5. The Balaban J connectivity index is 0. The van der Waals surface area contributed by atoms with Gasteiger partial charge in [0.15, 0.2) is 0 Å². The van der Waals surface area contributed by atoms with E-state index in [0.29, 0.717) is 0 Å². The average Bonchev–Trinajstić information content (AvgIpc) is 2.42. The van der Waals surface area contributed by atoms with Gasteiger partial charge in [-0.15, -0.1) is 0 Å². The van der Waals surface area contributed by atoms with Crippen molar-refractivity contribution in [2.75, 3.05) is 0 Å². The molecule has 1 aromatic carbocycles. The van der Waals surface area contributed by atoms with Crippen LogP contribution in [-0.4, -0.2) is 0 Å². The second-order valence-electron chi connectivity index (χ2n) is 2.88. The van der Waals surface area contributed by atoms with Crippen molar-refractivity contribution >= 4 is 5.57 Å². The van der Waals surface area contributed by atoms with Crippen LogP contribution in [0.1, 0.15) is 38.8 Å². The van der Waals surface area contributed by atoms with Crippen molar-refractivity contribution in [3.8, 4) is 0 Å². The molecule has 0 aromatic heterocycles. The lowest BCUT2D eigenvalue weighted by atomic mass is 10.0. The normalized spacial score (nSPS) is 9.12. The van der Waals surface area contributed by atoms with E-state index in [1.807, 2.05) is 52.0 Å². The molecule has 1 rings (SSSR count). The minimum absolute atomic E-state index is 1.12. The van der Waals surface area contributed by atoms with Crippen molar-refractivity contribution in [2.45, 2.75) is 34.6 Å². The van der Waals surface area contributed by atoms with Gasteiger partial charge in [0, 0.05) is 0 Å². The first kappa shape index (κ1) is 17.8. The Bertz CT molecular complexity index is 343. The molecule has 0 heterocycles. The smallest absolute Gasteiger partial charge is 0.0155 e. The highest BCUT2D eigenvalue weighted by Gasteiger charge is 1.98. The van der Waals surface area contributed by atoms with Crippen molar-refractivity contribution in [3.05, 3.63) is 66.8 Å². The van der Waals surface area contributed by atoms with Gasteiger partial charge in [-0.25, -0.2) is 0 Å². The number of aryl methyl sites for hydroxylation is 1. The Morgan fingerprint density at radius 3 is 1.94 bits per heavy atom. The highest BCUT2D eigenvalue weighted by atomic mass is 14.0. The largest absolute Gasteiger partial charge is 0.0990 e. The van der Waals surface area contributed by atoms with Crippen molar-refractivity contribution in [2.24, 2.45) is 0 Å². The van der Waals surface area contributed by atoms with Crippen LogP contribution in [0.15, 0.2) is 55.7 Å². The molecule has 0 aliphatic carbocycles. The topological polar surface area (TPSA) is 0 Å². The zero-order valence-corrected chi connectivity index (χ0v) is 12.0. The highest BCUT2D eigenvalue weighted by molar-refractivity contribution is 5.76. The molecule has 94 valence electrons. The third-order valence-electron chi connectivity index (χ3n) is 1.97. The summed E-state index contributed by atoms with van der Waals surface area (Å²) in [4.78, 5) is 0. The van der Waals surface area contributed by atoms with Crippen LogP contribution in [0.4, 0.5) is 0 Å². The van der Waals surface area contributed by atoms with E-state index in [1.54, 1.807) is 6.08 Å². The molecule has 0 spiro atoms. The second-order valence-corrected chi connectivity index (χ2v) is 2.88. The van der Waals surface area contributed by atoms with Crippen molar-refractivity contribution < 1.29 is 0 Å². The molecule has 0 saturated carbocycles. The molecule has 0 fully saturated rings. The molecule has 1 aromatic rings. The summed E-state index contributed by atoms with van der Waals surface area (Å²) in [6.45, 7) is 17.6. The van der Waals surface area contributed by atoms with Crippen LogP contribution >= 0.6 is 0 Å². The highest BCUT2D eigenvalue weighted by Crippen LogP contribution is 2.19. The molecule has 0 aliphatic rings. The summed E-state index contributed by atoms with van der Waals surface area (Å²) in [7, 11) is 0. The first-order valence-electron chi connectivity index (χ1n) is 6.30. The van der Waals surface area contributed by atoms with E-state index in [0.717, 1.165) is 5.57 Å². The summed E-state index contributed by atoms with van der Waals surface area (Å²) in [5, 5.41) is 0. The van der Waals surface area contributed by atoms with E-state index < -0.39 is 0 Å². The van der Waals surface area contributed by atoms with Crippen LogP contribution in [0, 0.1) is 6.92 Å². The van der Waals surface area contributed by atoms with E-state index in [2.05, 4.69) is 32.2 Å². The Kier molecular flexibility index (Phi) is 13.1. The third-order valence-corrected chi connectivity index (χ3v) is 1.97. The molecule has 0 amide bonds. The molecule has 0 heteroatoms. The number of allylic oxidation sites excluding steroid dienone is 4. The van der Waals surface area contributed by atoms with E-state index in [-0.39, 0.29) is 0 Å². The summed E-state index contributed by atoms with van der Waals surface area (Å²) >= 11 is 0. The molecule has 0 N–H and O–H groups in total. The van der Waals surface area contributed by atoms with Gasteiger partial charge in [0.2, 0.25) is 0 Å². The fraction of sp³-hybridized carbons (Fsp3) is 0.294. The molecule has 0 nitrogen and oxygen atoms in total. The van der Waals surface area contributed by atoms with Gasteiger partial charge in [-0.2, -0.15) is 0 Å². The summed E-state index contributed by atoms with van der Waals surface area (Å²) in [6, 6.07) is 8.25. The zero-order valence-electron chi connectivity index (χ0n) is 12.0. The lowest BCUT2D eigenvalue weighted by Crippen LogP contribution is -1.84. The Morgan fingerprint density at radius 1 is 1.00 bits per heavy atom. The van der Waals surface area contributed by atoms with Crippen LogP contribution in [-0.2, 0) is 0 Å². The molecule has 0 unspecified atom stereocenters. The quantitative estimate of drug-likeness (QED) is 0.575. The van der Waals surface area contributed by atoms with Gasteiger partial charge in [0.1, 0.15) is 0 Å². The molecule has 0 bridgehead atoms. The molecule has 17 heavy (non-hydrogen) atoms. The van der Waals surface area contributed by atoms with Gasteiger partial charge in [-0.1, -0.05) is 83.3 Å². The van der Waals surface area contributed by atoms with Crippen LogP contribution < -0.4 is 0 Å². The fourth-order valence-corrected chi connectivity index (χ4v) is 1.29. The van der Waals surface area contributed by atoms with Crippen molar-refractivity contribution in [3.63, 3.8) is 0 Å². The van der Waals surface area contributed by atoms with Gasteiger partial charge in [0.05, 0.1) is 0 Å². The van der Waals surface area contributed by atoms with Crippen LogP contribution in [0.5, 0.6) is 0 Å². The predicted molar refractivity (Wildman–Crippen MR) is 82.2 cm³/mol. The fourth-order valence-electron chi connectivity index (χ4n) is 1.29. The third kappa shape index (κ3) is 6.57. The molecular weight excluding hydrogens is 204 g/mol. The van der Waals surface area contributed by atoms with Gasteiger partial charge >= 0.3 is 0 Å². The number of hydrogen-bond donors (Lipinski definition) is 0. The van der Waals surface area contributed by atoms with Crippen LogP contribution in [0.3, 0.4) is 0 Å². The molecular formula is C17H26. The van der Waals surface area contributed by atoms with E-state index in [9.17, 15) is 0 Å². The van der Waals surface area contributed by atoms with Gasteiger partial charge in [0.25, 0.3) is 0 Å². The minimum Gasteiger partial charge on any atom is -0.0990 e.